The predicted molar refractivity (Wildman–Crippen MR) is 120 cm³/mol. The molecule has 3 aromatic rings. The van der Waals surface area contributed by atoms with Crippen molar-refractivity contribution >= 4 is 12.1 Å². The van der Waals surface area contributed by atoms with Gasteiger partial charge in [-0.2, -0.15) is 5.10 Å². The quantitative estimate of drug-likeness (QED) is 0.457. The summed E-state index contributed by atoms with van der Waals surface area (Å²) in [6.45, 7) is 0.535. The molecule has 0 bridgehead atoms. The molecule has 0 unspecified atom stereocenters. The number of nitrogens with one attached hydrogen (secondary N) is 1. The first-order valence-corrected chi connectivity index (χ1v) is 10.5. The van der Waals surface area contributed by atoms with E-state index in [-0.39, 0.29) is 5.91 Å². The van der Waals surface area contributed by atoms with E-state index in [0.717, 1.165) is 35.3 Å². The maximum Gasteiger partial charge on any atom is 0.244 e. The molecule has 3 aromatic carbocycles. The molecule has 0 radical (unpaired) electrons. The Balaban J connectivity index is 1.27. The number of hydrogen-bond acceptors (Lipinski definition) is 3. The van der Waals surface area contributed by atoms with Crippen LogP contribution in [0.4, 0.5) is 0 Å². The first kappa shape index (κ1) is 19.9. The van der Waals surface area contributed by atoms with Crippen molar-refractivity contribution in [3.8, 4) is 5.75 Å². The standard InChI is InChI=1S/C26H26N2O2/c29-26(17-23-11-6-10-22-9-4-5-12-25(22)23)28-27-18-20-13-15-24(16-14-20)30-19-21-7-2-1-3-8-21/h1-3,6-8,10-11,13-16,18H,4-5,9,12,17,19H2,(H,28,29)/b27-18-. The van der Waals surface area contributed by atoms with Crippen LogP contribution in [-0.2, 0) is 30.7 Å². The van der Waals surface area contributed by atoms with Gasteiger partial charge in [0, 0.05) is 0 Å². The molecule has 0 aliphatic heterocycles. The van der Waals surface area contributed by atoms with E-state index in [1.54, 1.807) is 6.21 Å². The maximum absolute atomic E-state index is 12.3. The van der Waals surface area contributed by atoms with Crippen molar-refractivity contribution in [3.05, 3.63) is 101 Å². The molecule has 152 valence electrons. The van der Waals surface area contributed by atoms with Crippen LogP contribution >= 0.6 is 0 Å². The normalized spacial score (nSPS) is 13.1. The van der Waals surface area contributed by atoms with E-state index in [0.29, 0.717) is 13.0 Å². The Morgan fingerprint density at radius 3 is 2.57 bits per heavy atom. The maximum atomic E-state index is 12.3. The lowest BCUT2D eigenvalue weighted by Crippen LogP contribution is -2.21. The summed E-state index contributed by atoms with van der Waals surface area (Å²) in [6, 6.07) is 24.0. The number of fused-ring (bicyclic) bond motifs is 1. The molecule has 0 heterocycles. The van der Waals surface area contributed by atoms with Gasteiger partial charge in [-0.1, -0.05) is 48.5 Å². The summed E-state index contributed by atoms with van der Waals surface area (Å²) in [6.07, 6.45) is 6.65. The minimum Gasteiger partial charge on any atom is -0.489 e. The third-order valence-electron chi connectivity index (χ3n) is 5.38. The fourth-order valence-electron chi connectivity index (χ4n) is 3.81. The van der Waals surface area contributed by atoms with Crippen molar-refractivity contribution in [3.63, 3.8) is 0 Å². The lowest BCUT2D eigenvalue weighted by atomic mass is 9.87. The summed E-state index contributed by atoms with van der Waals surface area (Å²) in [5.41, 5.74) is 8.55. The topological polar surface area (TPSA) is 50.7 Å². The smallest absolute Gasteiger partial charge is 0.244 e. The van der Waals surface area contributed by atoms with Gasteiger partial charge in [0.15, 0.2) is 0 Å². The Morgan fingerprint density at radius 2 is 1.73 bits per heavy atom. The molecule has 1 amide bonds. The highest BCUT2D eigenvalue weighted by Crippen LogP contribution is 2.24. The fourth-order valence-corrected chi connectivity index (χ4v) is 3.81. The van der Waals surface area contributed by atoms with E-state index in [1.807, 2.05) is 54.6 Å². The third-order valence-corrected chi connectivity index (χ3v) is 5.38. The van der Waals surface area contributed by atoms with Crippen molar-refractivity contribution in [1.29, 1.82) is 0 Å². The highest BCUT2D eigenvalue weighted by Gasteiger charge is 2.14. The van der Waals surface area contributed by atoms with Crippen molar-refractivity contribution in [2.75, 3.05) is 0 Å². The number of hydrazone groups is 1. The molecular weight excluding hydrogens is 372 g/mol. The second-order valence-corrected chi connectivity index (χ2v) is 7.58. The number of nitrogens with zero attached hydrogens (tertiary/aromatic N) is 1. The fraction of sp³-hybridized carbons (Fsp3) is 0.231. The summed E-state index contributed by atoms with van der Waals surface area (Å²) in [5, 5.41) is 4.11. The minimum atomic E-state index is -0.0898. The molecule has 4 heteroatoms. The van der Waals surface area contributed by atoms with Gasteiger partial charge in [0.25, 0.3) is 0 Å². The van der Waals surface area contributed by atoms with E-state index in [2.05, 4.69) is 28.7 Å². The Kier molecular flexibility index (Phi) is 6.55. The molecule has 1 N–H and O–H groups in total. The largest absolute Gasteiger partial charge is 0.489 e. The summed E-state index contributed by atoms with van der Waals surface area (Å²) in [7, 11) is 0. The van der Waals surface area contributed by atoms with Crippen molar-refractivity contribution in [2.45, 2.75) is 38.7 Å². The highest BCUT2D eigenvalue weighted by atomic mass is 16.5. The number of ether oxygens (including phenoxy) is 1. The predicted octanol–water partition coefficient (Wildman–Crippen LogP) is 4.84. The van der Waals surface area contributed by atoms with Crippen LogP contribution in [0.1, 0.15) is 40.7 Å². The Labute approximate surface area is 177 Å². The van der Waals surface area contributed by atoms with Gasteiger partial charge in [0.2, 0.25) is 5.91 Å². The zero-order chi connectivity index (χ0) is 20.6. The van der Waals surface area contributed by atoms with Gasteiger partial charge in [-0.05, 0) is 77.8 Å². The SMILES string of the molecule is O=C(Cc1cccc2c1CCCC2)N/N=C\c1ccc(OCc2ccccc2)cc1. The zero-order valence-corrected chi connectivity index (χ0v) is 17.0. The Hall–Kier alpha value is -3.40. The lowest BCUT2D eigenvalue weighted by Gasteiger charge is -2.18. The molecule has 0 saturated carbocycles. The number of carbonyl (C=O) groups is 1. The van der Waals surface area contributed by atoms with Gasteiger partial charge >= 0.3 is 0 Å². The van der Waals surface area contributed by atoms with E-state index in [9.17, 15) is 4.79 Å². The highest BCUT2D eigenvalue weighted by molar-refractivity contribution is 5.83. The monoisotopic (exact) mass is 398 g/mol. The van der Waals surface area contributed by atoms with Crippen molar-refractivity contribution in [1.82, 2.24) is 5.43 Å². The molecule has 0 atom stereocenters. The lowest BCUT2D eigenvalue weighted by molar-refractivity contribution is -0.120. The number of aryl methyl sites for hydroxylation is 1. The van der Waals surface area contributed by atoms with Gasteiger partial charge < -0.3 is 4.74 Å². The van der Waals surface area contributed by atoms with Gasteiger partial charge in [-0.25, -0.2) is 5.43 Å². The van der Waals surface area contributed by atoms with E-state index >= 15 is 0 Å². The number of hydrogen-bond donors (Lipinski definition) is 1. The van der Waals surface area contributed by atoms with Gasteiger partial charge in [0.05, 0.1) is 12.6 Å². The van der Waals surface area contributed by atoms with Crippen LogP contribution in [0.15, 0.2) is 77.9 Å². The Morgan fingerprint density at radius 1 is 0.933 bits per heavy atom. The summed E-state index contributed by atoms with van der Waals surface area (Å²) in [4.78, 5) is 12.3. The molecule has 1 aliphatic rings. The van der Waals surface area contributed by atoms with Crippen LogP contribution in [0, 0.1) is 0 Å². The Bertz CT molecular complexity index is 1010. The van der Waals surface area contributed by atoms with E-state index in [1.165, 1.54) is 24.0 Å². The molecule has 0 fully saturated rings. The second-order valence-electron chi connectivity index (χ2n) is 7.58. The van der Waals surface area contributed by atoms with Crippen LogP contribution in [-0.4, -0.2) is 12.1 Å². The summed E-state index contributed by atoms with van der Waals surface area (Å²) >= 11 is 0. The molecule has 4 rings (SSSR count). The van der Waals surface area contributed by atoms with Crippen molar-refractivity contribution < 1.29 is 9.53 Å². The zero-order valence-electron chi connectivity index (χ0n) is 17.0. The number of carbonyl (C=O) groups excluding carboxylic acids is 1. The van der Waals surface area contributed by atoms with Gasteiger partial charge in [-0.3, -0.25) is 4.79 Å². The van der Waals surface area contributed by atoms with Crippen molar-refractivity contribution in [2.24, 2.45) is 5.10 Å². The van der Waals surface area contributed by atoms with Crippen LogP contribution in [0.3, 0.4) is 0 Å². The number of benzene rings is 3. The van der Waals surface area contributed by atoms with Crippen LogP contribution in [0.2, 0.25) is 0 Å². The average molecular weight is 399 g/mol. The van der Waals surface area contributed by atoms with Gasteiger partial charge in [0.1, 0.15) is 12.4 Å². The van der Waals surface area contributed by atoms with Crippen LogP contribution < -0.4 is 10.2 Å². The van der Waals surface area contributed by atoms with E-state index in [4.69, 9.17) is 4.74 Å². The number of rotatable bonds is 7. The molecule has 0 saturated heterocycles. The van der Waals surface area contributed by atoms with Crippen LogP contribution in [0.25, 0.3) is 0 Å². The number of amides is 1. The molecular formula is C26H26N2O2. The molecule has 1 aliphatic carbocycles. The molecule has 4 nitrogen and oxygen atoms in total. The first-order valence-electron chi connectivity index (χ1n) is 10.5. The van der Waals surface area contributed by atoms with Crippen LogP contribution in [0.5, 0.6) is 5.75 Å². The third kappa shape index (κ3) is 5.35. The molecule has 30 heavy (non-hydrogen) atoms. The second kappa shape index (κ2) is 9.88. The molecule has 0 aromatic heterocycles. The minimum absolute atomic E-state index is 0.0898. The first-order chi connectivity index (χ1) is 14.8. The summed E-state index contributed by atoms with van der Waals surface area (Å²) in [5.74, 6) is 0.710. The summed E-state index contributed by atoms with van der Waals surface area (Å²) < 4.78 is 5.79. The molecule has 0 spiro atoms. The van der Waals surface area contributed by atoms with E-state index < -0.39 is 0 Å². The van der Waals surface area contributed by atoms with Gasteiger partial charge in [-0.15, -0.1) is 0 Å². The average Bonchev–Trinajstić information content (AvgIpc) is 2.79.